The van der Waals surface area contributed by atoms with E-state index in [1.807, 2.05) is 0 Å². The Bertz CT molecular complexity index is 230. The maximum atomic E-state index is 9.61. The van der Waals surface area contributed by atoms with Crippen LogP contribution in [0.15, 0.2) is 0 Å². The van der Waals surface area contributed by atoms with E-state index in [1.165, 1.54) is 0 Å². The molecular weight excluding hydrogens is 174 g/mol. The standard InChI is InChI=1S/C8H13NO4/c1-8(2)12-6-5(10)4(3-9)11-7(6)13-8/h3-7,9-10H,1-2H3. The van der Waals surface area contributed by atoms with E-state index in [9.17, 15) is 5.11 Å². The van der Waals surface area contributed by atoms with Crippen LogP contribution in [0.1, 0.15) is 13.8 Å². The molecule has 0 radical (unpaired) electrons. The quantitative estimate of drug-likeness (QED) is 0.561. The molecule has 4 unspecified atom stereocenters. The van der Waals surface area contributed by atoms with E-state index < -0.39 is 30.4 Å². The van der Waals surface area contributed by atoms with Crippen molar-refractivity contribution in [2.45, 2.75) is 44.2 Å². The Balaban J connectivity index is 2.11. The summed E-state index contributed by atoms with van der Waals surface area (Å²) in [5, 5.41) is 16.6. The molecule has 74 valence electrons. The number of ether oxygens (including phenoxy) is 3. The Morgan fingerprint density at radius 3 is 2.62 bits per heavy atom. The van der Waals surface area contributed by atoms with Crippen molar-refractivity contribution < 1.29 is 19.3 Å². The maximum Gasteiger partial charge on any atom is 0.190 e. The van der Waals surface area contributed by atoms with Crippen LogP contribution < -0.4 is 0 Å². The Kier molecular flexibility index (Phi) is 1.92. The van der Waals surface area contributed by atoms with Crippen molar-refractivity contribution >= 4 is 6.21 Å². The van der Waals surface area contributed by atoms with Gasteiger partial charge in [-0.05, 0) is 13.8 Å². The van der Waals surface area contributed by atoms with Crippen LogP contribution in [0, 0.1) is 5.41 Å². The molecule has 0 bridgehead atoms. The normalized spacial score (nSPS) is 47.6. The van der Waals surface area contributed by atoms with Gasteiger partial charge in [0.25, 0.3) is 0 Å². The van der Waals surface area contributed by atoms with Gasteiger partial charge in [0, 0.05) is 6.21 Å². The summed E-state index contributed by atoms with van der Waals surface area (Å²) in [7, 11) is 0. The first kappa shape index (κ1) is 9.08. The minimum absolute atomic E-state index is 0.471. The molecule has 4 atom stereocenters. The highest BCUT2D eigenvalue weighted by Gasteiger charge is 2.53. The van der Waals surface area contributed by atoms with Gasteiger partial charge in [0.2, 0.25) is 0 Å². The number of fused-ring (bicyclic) bond motifs is 1. The lowest BCUT2D eigenvalue weighted by molar-refractivity contribution is -0.206. The predicted molar refractivity (Wildman–Crippen MR) is 43.5 cm³/mol. The first-order valence-corrected chi connectivity index (χ1v) is 4.23. The minimum atomic E-state index is -0.802. The number of rotatable bonds is 1. The second-order valence-corrected chi connectivity index (χ2v) is 3.73. The van der Waals surface area contributed by atoms with Crippen LogP contribution >= 0.6 is 0 Å². The summed E-state index contributed by atoms with van der Waals surface area (Å²) in [4.78, 5) is 0. The van der Waals surface area contributed by atoms with Gasteiger partial charge in [0.15, 0.2) is 12.1 Å². The molecule has 5 heteroatoms. The van der Waals surface area contributed by atoms with Gasteiger partial charge in [-0.3, -0.25) is 0 Å². The van der Waals surface area contributed by atoms with Gasteiger partial charge in [-0.2, -0.15) is 0 Å². The molecule has 2 N–H and O–H groups in total. The smallest absolute Gasteiger partial charge is 0.190 e. The Morgan fingerprint density at radius 2 is 2.08 bits per heavy atom. The van der Waals surface area contributed by atoms with Crippen LogP contribution in [0.5, 0.6) is 0 Å². The minimum Gasteiger partial charge on any atom is -0.387 e. The number of hydrogen-bond acceptors (Lipinski definition) is 5. The van der Waals surface area contributed by atoms with E-state index >= 15 is 0 Å². The zero-order chi connectivity index (χ0) is 9.64. The molecule has 0 aromatic rings. The average Bonchev–Trinajstić information content (AvgIpc) is 2.47. The molecule has 0 aliphatic carbocycles. The average molecular weight is 187 g/mol. The molecule has 0 aromatic heterocycles. The van der Waals surface area contributed by atoms with Crippen molar-refractivity contribution in [3.05, 3.63) is 0 Å². The highest BCUT2D eigenvalue weighted by molar-refractivity contribution is 5.61. The van der Waals surface area contributed by atoms with Crippen molar-refractivity contribution in [3.63, 3.8) is 0 Å². The van der Waals surface area contributed by atoms with Gasteiger partial charge in [0.05, 0.1) is 0 Å². The third-order valence-electron chi connectivity index (χ3n) is 2.22. The van der Waals surface area contributed by atoms with Crippen LogP contribution in [0.25, 0.3) is 0 Å². The van der Waals surface area contributed by atoms with Crippen molar-refractivity contribution in [1.82, 2.24) is 0 Å². The number of nitrogens with one attached hydrogen (secondary N) is 1. The van der Waals surface area contributed by atoms with Crippen molar-refractivity contribution in [2.24, 2.45) is 0 Å². The van der Waals surface area contributed by atoms with Gasteiger partial charge in [-0.15, -0.1) is 0 Å². The van der Waals surface area contributed by atoms with Crippen molar-refractivity contribution in [2.75, 3.05) is 0 Å². The maximum absolute atomic E-state index is 9.61. The molecule has 13 heavy (non-hydrogen) atoms. The molecule has 2 aliphatic heterocycles. The van der Waals surface area contributed by atoms with Gasteiger partial charge in [-0.25, -0.2) is 0 Å². The van der Waals surface area contributed by atoms with Gasteiger partial charge >= 0.3 is 0 Å². The zero-order valence-corrected chi connectivity index (χ0v) is 7.56. The third kappa shape index (κ3) is 1.38. The summed E-state index contributed by atoms with van der Waals surface area (Å²) >= 11 is 0. The summed E-state index contributed by atoms with van der Waals surface area (Å²) in [6.45, 7) is 3.53. The third-order valence-corrected chi connectivity index (χ3v) is 2.22. The summed E-state index contributed by atoms with van der Waals surface area (Å²) in [6, 6.07) is 0. The van der Waals surface area contributed by atoms with E-state index in [0.29, 0.717) is 0 Å². The highest BCUT2D eigenvalue weighted by Crippen LogP contribution is 2.36. The van der Waals surface area contributed by atoms with Gasteiger partial charge < -0.3 is 24.7 Å². The van der Waals surface area contributed by atoms with Crippen molar-refractivity contribution in [3.8, 4) is 0 Å². The number of aliphatic hydroxyl groups excluding tert-OH is 1. The molecule has 0 amide bonds. The zero-order valence-electron chi connectivity index (χ0n) is 7.56. The van der Waals surface area contributed by atoms with Gasteiger partial charge in [-0.1, -0.05) is 0 Å². The second-order valence-electron chi connectivity index (χ2n) is 3.73. The van der Waals surface area contributed by atoms with E-state index in [4.69, 9.17) is 19.6 Å². The number of aliphatic hydroxyl groups is 1. The summed E-state index contributed by atoms with van der Waals surface area (Å²) < 4.78 is 16.0. The SMILES string of the molecule is CC1(C)OC2OC(C=N)C(O)C2O1. The molecule has 2 aliphatic rings. The summed E-state index contributed by atoms with van der Waals surface area (Å²) in [5.41, 5.74) is 0. The van der Waals surface area contributed by atoms with Crippen LogP contribution in [-0.2, 0) is 14.2 Å². The lowest BCUT2D eigenvalue weighted by atomic mass is 10.1. The molecular formula is C8H13NO4. The lowest BCUT2D eigenvalue weighted by Crippen LogP contribution is -2.34. The molecule has 2 rings (SSSR count). The second kappa shape index (κ2) is 2.75. The molecule has 0 saturated carbocycles. The largest absolute Gasteiger partial charge is 0.387 e. The van der Waals surface area contributed by atoms with E-state index in [2.05, 4.69) is 0 Å². The topological polar surface area (TPSA) is 71.8 Å². The Hall–Kier alpha value is -0.490. The van der Waals surface area contributed by atoms with Gasteiger partial charge in [0.1, 0.15) is 18.3 Å². The van der Waals surface area contributed by atoms with Crippen LogP contribution in [0.3, 0.4) is 0 Å². The van der Waals surface area contributed by atoms with E-state index in [-0.39, 0.29) is 0 Å². The summed E-state index contributed by atoms with van der Waals surface area (Å²) in [5.74, 6) is -0.705. The Morgan fingerprint density at radius 1 is 1.38 bits per heavy atom. The molecule has 2 fully saturated rings. The first-order valence-electron chi connectivity index (χ1n) is 4.23. The molecule has 2 saturated heterocycles. The fraction of sp³-hybridized carbons (Fsp3) is 0.875. The monoisotopic (exact) mass is 187 g/mol. The van der Waals surface area contributed by atoms with Crippen LogP contribution in [0.2, 0.25) is 0 Å². The molecule has 2 heterocycles. The predicted octanol–water partition coefficient (Wildman–Crippen LogP) is -0.127. The highest BCUT2D eigenvalue weighted by atomic mass is 16.8. The van der Waals surface area contributed by atoms with E-state index in [1.54, 1.807) is 13.8 Å². The fourth-order valence-electron chi connectivity index (χ4n) is 1.65. The van der Waals surface area contributed by atoms with E-state index in [0.717, 1.165) is 6.21 Å². The first-order chi connectivity index (χ1) is 6.03. The van der Waals surface area contributed by atoms with Crippen LogP contribution in [-0.4, -0.2) is 41.7 Å². The summed E-state index contributed by atoms with van der Waals surface area (Å²) in [6.07, 6.45) is -1.36. The molecule has 0 spiro atoms. The van der Waals surface area contributed by atoms with Crippen molar-refractivity contribution in [1.29, 1.82) is 5.41 Å². The fourth-order valence-corrected chi connectivity index (χ4v) is 1.65. The number of hydrogen-bond donors (Lipinski definition) is 2. The molecule has 0 aromatic carbocycles. The molecule has 5 nitrogen and oxygen atoms in total. The van der Waals surface area contributed by atoms with Crippen LogP contribution in [0.4, 0.5) is 0 Å². The Labute approximate surface area is 76.1 Å². The lowest BCUT2D eigenvalue weighted by Gasteiger charge is -2.20.